The van der Waals surface area contributed by atoms with Crippen molar-refractivity contribution in [3.63, 3.8) is 0 Å². The topological polar surface area (TPSA) is 188 Å². The standard InChI is InChI=1S/C59H78N4O12S/c1-10-11-12-13-14-15-16-17-18-19-20-21-22-23-44(64)74-52-35(3)53-54(72-33-71-53)46-41-31-70-56(66)59(38-29-42(68-8)43(28-36(38)24-25-61-59)73-57(67)75-58(4,5)6)32-76-55(47(46)52)49-48-45-37(26-34(2)51(69-9)50(45)65)27-39(62(48)7)40(30-60)63(41)49/h26,28-29,39-41,48-49,55,61,65H,10-25,27,31-33H2,1-9H3/t39-,40-,41-,48+,49?,55+,59+/m0/s1. The van der Waals surface area contributed by atoms with Gasteiger partial charge in [0.05, 0.1) is 37.6 Å². The molecule has 0 aromatic heterocycles. The summed E-state index contributed by atoms with van der Waals surface area (Å²) in [6.45, 7) is 11.4. The van der Waals surface area contributed by atoms with E-state index in [1.165, 1.54) is 76.7 Å². The number of nitriles is 1. The van der Waals surface area contributed by atoms with Gasteiger partial charge in [0.15, 0.2) is 40.0 Å². The molecule has 3 aromatic rings. The van der Waals surface area contributed by atoms with E-state index in [0.29, 0.717) is 76.6 Å². The number of nitrogens with zero attached hydrogens (tertiary/aromatic N) is 3. The SMILES string of the molecule is CCCCCCCCCCCCCCCC(=O)Oc1c(C)c2c(c3c1[C@H]1SC[C@]4(NCCc5cc(OC(=O)OC(C)(C)C)c(OC)cc54)C(=O)OC[C@@H]3N3C1[C@H]1c4c(cc(C)c(OC)c4O)C[C@@H]([C@@H]3C#N)N1C)OCO2. The maximum Gasteiger partial charge on any atom is 0.514 e. The number of piperazine rings is 1. The van der Waals surface area contributed by atoms with Crippen molar-refractivity contribution < 1.29 is 57.4 Å². The predicted octanol–water partition coefficient (Wildman–Crippen LogP) is 11.1. The fourth-order valence-corrected chi connectivity index (χ4v) is 14.6. The Hall–Kier alpha value is -5.41. The van der Waals surface area contributed by atoms with Gasteiger partial charge in [-0.25, -0.2) is 9.59 Å². The Morgan fingerprint density at radius 3 is 2.21 bits per heavy atom. The lowest BCUT2D eigenvalue weighted by Crippen LogP contribution is -2.69. The zero-order valence-electron chi connectivity index (χ0n) is 46.0. The lowest BCUT2D eigenvalue weighted by molar-refractivity contribution is -0.157. The maximum atomic E-state index is 15.3. The summed E-state index contributed by atoms with van der Waals surface area (Å²) in [6.07, 6.45) is 15.7. The third-order valence-electron chi connectivity index (χ3n) is 16.5. The molecule has 2 fully saturated rings. The normalized spacial score (nSPS) is 24.3. The van der Waals surface area contributed by atoms with Crippen LogP contribution in [0.4, 0.5) is 4.79 Å². The van der Waals surface area contributed by atoms with E-state index in [9.17, 15) is 20.0 Å². The zero-order chi connectivity index (χ0) is 54.1. The molecule has 7 aliphatic heterocycles. The third kappa shape index (κ3) is 10.5. The van der Waals surface area contributed by atoms with Crippen LogP contribution in [0.3, 0.4) is 0 Å². The molecule has 2 saturated heterocycles. The van der Waals surface area contributed by atoms with Gasteiger partial charge in [0.2, 0.25) is 6.79 Å². The molecule has 0 amide bonds. The van der Waals surface area contributed by atoms with Gasteiger partial charge < -0.3 is 43.0 Å². The molecule has 7 heterocycles. The Balaban J connectivity index is 1.11. The van der Waals surface area contributed by atoms with Crippen LogP contribution in [-0.4, -0.2) is 104 Å². The smallest absolute Gasteiger partial charge is 0.504 e. The number of phenolic OH excluding ortho intramolecular Hbond substituents is 1. The number of ether oxygens (including phenoxy) is 8. The highest BCUT2D eigenvalue weighted by atomic mass is 32.2. The highest BCUT2D eigenvalue weighted by Crippen LogP contribution is 2.65. The van der Waals surface area contributed by atoms with Crippen LogP contribution in [0.1, 0.15) is 179 Å². The molecule has 16 nitrogen and oxygen atoms in total. The van der Waals surface area contributed by atoms with E-state index >= 15 is 4.79 Å². The number of phenols is 1. The number of nitrogens with one attached hydrogen (secondary N) is 1. The number of carbonyl (C=O) groups is 3. The van der Waals surface area contributed by atoms with Gasteiger partial charge >= 0.3 is 18.1 Å². The molecule has 2 N–H and O–H groups in total. The molecule has 1 unspecified atom stereocenters. The molecular formula is C59H78N4O12S. The minimum atomic E-state index is -1.46. The molecule has 7 aliphatic rings. The fraction of sp³-hybridized carbons (Fsp3) is 0.627. The van der Waals surface area contributed by atoms with Crippen LogP contribution in [0, 0.1) is 25.2 Å². The molecule has 7 atom stereocenters. The van der Waals surface area contributed by atoms with E-state index < -0.39 is 52.7 Å². The van der Waals surface area contributed by atoms with Crippen molar-refractivity contribution in [1.82, 2.24) is 15.1 Å². The molecule has 1 spiro atoms. The van der Waals surface area contributed by atoms with Crippen LogP contribution in [0.15, 0.2) is 18.2 Å². The number of esters is 2. The molecular weight excluding hydrogens is 989 g/mol. The highest BCUT2D eigenvalue weighted by Gasteiger charge is 2.62. The fourth-order valence-electron chi connectivity index (χ4n) is 12.9. The van der Waals surface area contributed by atoms with Crippen molar-refractivity contribution in [2.45, 2.75) is 191 Å². The zero-order valence-corrected chi connectivity index (χ0v) is 46.8. The van der Waals surface area contributed by atoms with Crippen LogP contribution < -0.4 is 33.7 Å². The number of thioether (sulfide) groups is 1. The van der Waals surface area contributed by atoms with Crippen LogP contribution in [-0.2, 0) is 37.4 Å². The summed E-state index contributed by atoms with van der Waals surface area (Å²) in [5, 5.41) is 26.8. The average molecular weight is 1070 g/mol. The third-order valence-corrected chi connectivity index (χ3v) is 17.9. The number of likely N-dealkylation sites (N-methyl/N-ethyl adjacent to an activating group) is 1. The average Bonchev–Trinajstić information content (AvgIpc) is 3.89. The quantitative estimate of drug-likeness (QED) is 0.0529. The van der Waals surface area contributed by atoms with Crippen LogP contribution in [0.2, 0.25) is 0 Å². The van der Waals surface area contributed by atoms with Gasteiger partial charge in [-0.3, -0.25) is 19.9 Å². The largest absolute Gasteiger partial charge is 0.514 e. The summed E-state index contributed by atoms with van der Waals surface area (Å²) in [5.74, 6) is 1.26. The van der Waals surface area contributed by atoms with Crippen molar-refractivity contribution in [3.8, 4) is 46.3 Å². The lowest BCUT2D eigenvalue weighted by Gasteiger charge is -2.62. The van der Waals surface area contributed by atoms with E-state index in [-0.39, 0.29) is 54.8 Å². The van der Waals surface area contributed by atoms with Gasteiger partial charge in [-0.1, -0.05) is 90.0 Å². The van der Waals surface area contributed by atoms with Crippen molar-refractivity contribution in [1.29, 1.82) is 5.26 Å². The number of fused-ring (bicyclic) bond motifs is 9. The van der Waals surface area contributed by atoms with Crippen LogP contribution >= 0.6 is 11.8 Å². The summed E-state index contributed by atoms with van der Waals surface area (Å²) in [7, 11) is 5.03. The van der Waals surface area contributed by atoms with Crippen LogP contribution in [0.25, 0.3) is 0 Å². The minimum absolute atomic E-state index is 0.0370. The number of unbranched alkanes of at least 4 members (excludes halogenated alkanes) is 12. The maximum absolute atomic E-state index is 15.3. The van der Waals surface area contributed by atoms with Crippen molar-refractivity contribution >= 4 is 29.9 Å². The number of aryl methyl sites for hydroxylation is 1. The van der Waals surface area contributed by atoms with Crippen LogP contribution in [0.5, 0.6) is 40.2 Å². The first-order valence-electron chi connectivity index (χ1n) is 27.7. The highest BCUT2D eigenvalue weighted by molar-refractivity contribution is 7.99. The van der Waals surface area contributed by atoms with Gasteiger partial charge in [0.25, 0.3) is 0 Å². The molecule has 4 bridgehead atoms. The Kier molecular flexibility index (Phi) is 17.0. The van der Waals surface area contributed by atoms with Crippen molar-refractivity contribution in [2.75, 3.05) is 47.0 Å². The van der Waals surface area contributed by atoms with E-state index in [1.807, 2.05) is 20.9 Å². The van der Waals surface area contributed by atoms with Crippen molar-refractivity contribution in [3.05, 3.63) is 62.7 Å². The summed E-state index contributed by atoms with van der Waals surface area (Å²) < 4.78 is 48.9. The van der Waals surface area contributed by atoms with E-state index in [4.69, 9.17) is 37.9 Å². The summed E-state index contributed by atoms with van der Waals surface area (Å²) in [4.78, 5) is 47.1. The molecule has 412 valence electrons. The second kappa shape index (κ2) is 23.3. The van der Waals surface area contributed by atoms with Gasteiger partial charge in [-0.05, 0) is 95.3 Å². The number of benzene rings is 3. The Morgan fingerprint density at radius 1 is 0.868 bits per heavy atom. The molecule has 76 heavy (non-hydrogen) atoms. The second-order valence-electron chi connectivity index (χ2n) is 22.5. The monoisotopic (exact) mass is 1070 g/mol. The van der Waals surface area contributed by atoms with Gasteiger partial charge in [-0.2, -0.15) is 5.26 Å². The molecule has 0 aliphatic carbocycles. The van der Waals surface area contributed by atoms with Gasteiger partial charge in [0.1, 0.15) is 24.0 Å². The molecule has 3 aromatic carbocycles. The Morgan fingerprint density at radius 2 is 1.55 bits per heavy atom. The molecule has 0 radical (unpaired) electrons. The van der Waals surface area contributed by atoms with E-state index in [2.05, 4.69) is 34.2 Å². The number of carbonyl (C=O) groups excluding carboxylic acids is 3. The molecule has 0 saturated carbocycles. The van der Waals surface area contributed by atoms with Gasteiger partial charge in [0, 0.05) is 53.1 Å². The summed E-state index contributed by atoms with van der Waals surface area (Å²) in [5.41, 5.74) is 3.46. The lowest BCUT2D eigenvalue weighted by atomic mass is 9.71. The van der Waals surface area contributed by atoms with Gasteiger partial charge in [-0.15, -0.1) is 11.8 Å². The number of hydrogen-bond acceptors (Lipinski definition) is 17. The van der Waals surface area contributed by atoms with E-state index in [0.717, 1.165) is 36.0 Å². The van der Waals surface area contributed by atoms with Crippen molar-refractivity contribution in [2.24, 2.45) is 0 Å². The Bertz CT molecular complexity index is 2720. The molecule has 17 heteroatoms. The minimum Gasteiger partial charge on any atom is -0.504 e. The summed E-state index contributed by atoms with van der Waals surface area (Å²) >= 11 is 1.49. The predicted molar refractivity (Wildman–Crippen MR) is 288 cm³/mol. The molecule has 10 rings (SSSR count). The summed E-state index contributed by atoms with van der Waals surface area (Å²) in [6, 6.07) is 5.27. The number of rotatable bonds is 18. The second-order valence-corrected chi connectivity index (χ2v) is 23.6. The number of hydrogen-bond donors (Lipinski definition) is 2. The number of aromatic hydroxyl groups is 1. The number of methoxy groups -OCH3 is 2. The first kappa shape index (κ1) is 55.3. The first-order chi connectivity index (χ1) is 36.6. The Labute approximate surface area is 452 Å². The first-order valence-corrected chi connectivity index (χ1v) is 28.7. The van der Waals surface area contributed by atoms with E-state index in [1.54, 1.807) is 40.0 Å².